The van der Waals surface area contributed by atoms with Crippen molar-refractivity contribution in [3.8, 4) is 0 Å². The van der Waals surface area contributed by atoms with Crippen LogP contribution in [-0.2, 0) is 9.53 Å². The molecular weight excluding hydrogens is 200 g/mol. The zero-order chi connectivity index (χ0) is 12.1. The van der Waals surface area contributed by atoms with Crippen molar-refractivity contribution in [2.24, 2.45) is 17.3 Å². The highest BCUT2D eigenvalue weighted by Crippen LogP contribution is 2.51. The fourth-order valence-corrected chi connectivity index (χ4v) is 3.07. The number of epoxide rings is 1. The van der Waals surface area contributed by atoms with Crippen molar-refractivity contribution in [3.05, 3.63) is 11.6 Å². The normalized spacial score (nSPS) is 41.4. The van der Waals surface area contributed by atoms with Crippen molar-refractivity contribution in [1.29, 1.82) is 0 Å². The van der Waals surface area contributed by atoms with Crippen LogP contribution in [0.1, 0.15) is 41.0 Å². The molecule has 0 spiro atoms. The minimum atomic E-state index is -0.141. The first-order valence-electron chi connectivity index (χ1n) is 6.18. The summed E-state index contributed by atoms with van der Waals surface area (Å²) in [4.78, 5) is 11.3. The van der Waals surface area contributed by atoms with Crippen LogP contribution in [0.3, 0.4) is 0 Å². The Morgan fingerprint density at radius 3 is 2.62 bits per heavy atom. The lowest BCUT2D eigenvalue weighted by molar-refractivity contribution is -0.118. The number of carbonyl (C=O) groups is 1. The molecule has 1 saturated heterocycles. The molecule has 0 bridgehead atoms. The van der Waals surface area contributed by atoms with Gasteiger partial charge in [-0.1, -0.05) is 32.4 Å². The largest absolute Gasteiger partial charge is 0.361 e. The van der Waals surface area contributed by atoms with Crippen LogP contribution in [0.2, 0.25) is 0 Å². The second kappa shape index (κ2) is 3.69. The van der Waals surface area contributed by atoms with E-state index in [1.807, 2.05) is 0 Å². The molecule has 16 heavy (non-hydrogen) atoms. The maximum Gasteiger partial charge on any atom is 0.161 e. The molecule has 0 aromatic rings. The Morgan fingerprint density at radius 1 is 1.50 bits per heavy atom. The maximum absolute atomic E-state index is 11.3. The highest BCUT2D eigenvalue weighted by molar-refractivity contribution is 5.83. The number of carbonyl (C=O) groups excluding carboxylic acids is 1. The maximum atomic E-state index is 11.3. The number of hydrogen-bond acceptors (Lipinski definition) is 2. The summed E-state index contributed by atoms with van der Waals surface area (Å²) in [7, 11) is 0. The third-order valence-corrected chi connectivity index (χ3v) is 4.61. The Morgan fingerprint density at radius 2 is 2.12 bits per heavy atom. The average Bonchev–Trinajstić information content (AvgIpc) is 2.92. The Labute approximate surface area is 98.1 Å². The third-order valence-electron chi connectivity index (χ3n) is 4.61. The van der Waals surface area contributed by atoms with Gasteiger partial charge in [0.2, 0.25) is 0 Å². The molecular formula is C14H22O2. The fraction of sp³-hybridized carbons (Fsp3) is 0.786. The molecule has 90 valence electrons. The van der Waals surface area contributed by atoms with Crippen LogP contribution in [0.5, 0.6) is 0 Å². The molecule has 0 aromatic heterocycles. The van der Waals surface area contributed by atoms with Gasteiger partial charge in [-0.05, 0) is 31.6 Å². The minimum Gasteiger partial charge on any atom is -0.361 e. The monoisotopic (exact) mass is 222 g/mol. The van der Waals surface area contributed by atoms with Crippen LogP contribution in [-0.4, -0.2) is 18.0 Å². The number of ether oxygens (including phenoxy) is 1. The van der Waals surface area contributed by atoms with E-state index in [-0.39, 0.29) is 23.4 Å². The molecule has 0 N–H and O–H groups in total. The molecule has 0 unspecified atom stereocenters. The Balaban J connectivity index is 2.22. The second-order valence-corrected chi connectivity index (χ2v) is 6.02. The Kier molecular flexibility index (Phi) is 2.73. The summed E-state index contributed by atoms with van der Waals surface area (Å²) in [6, 6.07) is 0. The molecule has 0 amide bonds. The summed E-state index contributed by atoms with van der Waals surface area (Å²) in [6.07, 6.45) is 3.45. The molecule has 0 aromatic carbocycles. The predicted octanol–water partition coefficient (Wildman–Crippen LogP) is 2.97. The second-order valence-electron chi connectivity index (χ2n) is 6.02. The number of hydrogen-bond donors (Lipinski definition) is 0. The van der Waals surface area contributed by atoms with Crippen LogP contribution < -0.4 is 0 Å². The van der Waals surface area contributed by atoms with Crippen LogP contribution >= 0.6 is 0 Å². The summed E-state index contributed by atoms with van der Waals surface area (Å²) in [5, 5.41) is 0. The average molecular weight is 222 g/mol. The molecule has 2 nitrogen and oxygen atoms in total. The lowest BCUT2D eigenvalue weighted by atomic mass is 9.61. The number of allylic oxidation sites excluding steroid dienone is 1. The van der Waals surface area contributed by atoms with Gasteiger partial charge in [0.25, 0.3) is 0 Å². The molecule has 1 aliphatic carbocycles. The topological polar surface area (TPSA) is 29.6 Å². The number of Topliss-reactive ketones (excluding diaryl/α,β-unsaturated/α-hetero) is 1. The van der Waals surface area contributed by atoms with E-state index in [0.717, 1.165) is 6.42 Å². The number of rotatable bonds is 2. The third kappa shape index (κ3) is 1.73. The predicted molar refractivity (Wildman–Crippen MR) is 64.2 cm³/mol. The van der Waals surface area contributed by atoms with Gasteiger partial charge >= 0.3 is 0 Å². The SMILES string of the molecule is CC(=O)[C@@H]1O[C@H]1[C@@H]1C(C)=CC[C@H](C)C1(C)C. The van der Waals surface area contributed by atoms with Crippen LogP contribution in [0.4, 0.5) is 0 Å². The first kappa shape index (κ1) is 11.8. The van der Waals surface area contributed by atoms with Gasteiger partial charge in [0.15, 0.2) is 5.78 Å². The smallest absolute Gasteiger partial charge is 0.161 e. The highest BCUT2D eigenvalue weighted by atomic mass is 16.6. The molecule has 2 heteroatoms. The first-order valence-corrected chi connectivity index (χ1v) is 6.18. The molecule has 1 heterocycles. The fourth-order valence-electron chi connectivity index (χ4n) is 3.07. The van der Waals surface area contributed by atoms with Gasteiger partial charge in [-0.15, -0.1) is 0 Å². The van der Waals surface area contributed by atoms with Gasteiger partial charge in [-0.25, -0.2) is 0 Å². The molecule has 1 aliphatic heterocycles. The van der Waals surface area contributed by atoms with E-state index in [1.165, 1.54) is 5.57 Å². The van der Waals surface area contributed by atoms with Gasteiger partial charge in [0.05, 0.1) is 6.10 Å². The van der Waals surface area contributed by atoms with Crippen molar-refractivity contribution < 1.29 is 9.53 Å². The molecule has 1 fully saturated rings. The molecule has 2 aliphatic rings. The quantitative estimate of drug-likeness (QED) is 0.531. The molecule has 4 atom stereocenters. The minimum absolute atomic E-state index is 0.131. The van der Waals surface area contributed by atoms with E-state index in [0.29, 0.717) is 11.8 Å². The first-order chi connectivity index (χ1) is 7.35. The summed E-state index contributed by atoms with van der Waals surface area (Å²) >= 11 is 0. The van der Waals surface area contributed by atoms with Gasteiger partial charge in [0.1, 0.15) is 6.10 Å². The van der Waals surface area contributed by atoms with Gasteiger partial charge in [0, 0.05) is 5.92 Å². The van der Waals surface area contributed by atoms with Crippen molar-refractivity contribution in [2.75, 3.05) is 0 Å². The van der Waals surface area contributed by atoms with E-state index in [1.54, 1.807) is 6.92 Å². The Bertz CT molecular complexity index is 341. The standard InChI is InChI=1S/C14H22O2/c1-8-6-7-9(2)14(4,5)11(8)13-12(16-13)10(3)15/h6,9,11-13H,7H2,1-5H3/t9-,11-,12-,13-/m0/s1. The van der Waals surface area contributed by atoms with Crippen molar-refractivity contribution in [1.82, 2.24) is 0 Å². The van der Waals surface area contributed by atoms with Gasteiger partial charge in [-0.3, -0.25) is 4.79 Å². The molecule has 0 radical (unpaired) electrons. The molecule has 2 rings (SSSR count). The van der Waals surface area contributed by atoms with E-state index in [4.69, 9.17) is 4.74 Å². The van der Waals surface area contributed by atoms with Crippen LogP contribution in [0.25, 0.3) is 0 Å². The van der Waals surface area contributed by atoms with E-state index >= 15 is 0 Å². The summed E-state index contributed by atoms with van der Waals surface area (Å²) in [6.45, 7) is 10.7. The van der Waals surface area contributed by atoms with Crippen molar-refractivity contribution in [3.63, 3.8) is 0 Å². The summed E-state index contributed by atoms with van der Waals surface area (Å²) in [5.74, 6) is 1.23. The van der Waals surface area contributed by atoms with Crippen LogP contribution in [0.15, 0.2) is 11.6 Å². The lowest BCUT2D eigenvalue weighted by Crippen LogP contribution is -2.38. The zero-order valence-corrected chi connectivity index (χ0v) is 10.9. The molecule has 0 saturated carbocycles. The van der Waals surface area contributed by atoms with E-state index in [9.17, 15) is 4.79 Å². The van der Waals surface area contributed by atoms with E-state index < -0.39 is 0 Å². The zero-order valence-electron chi connectivity index (χ0n) is 10.9. The van der Waals surface area contributed by atoms with Crippen molar-refractivity contribution in [2.45, 2.75) is 53.2 Å². The van der Waals surface area contributed by atoms with E-state index in [2.05, 4.69) is 33.8 Å². The summed E-state index contributed by atoms with van der Waals surface area (Å²) < 4.78 is 5.58. The Hall–Kier alpha value is -0.630. The lowest BCUT2D eigenvalue weighted by Gasteiger charge is -2.43. The van der Waals surface area contributed by atoms with Crippen LogP contribution in [0, 0.1) is 17.3 Å². The van der Waals surface area contributed by atoms with Crippen molar-refractivity contribution >= 4 is 5.78 Å². The summed E-state index contributed by atoms with van der Waals surface area (Å²) in [5.41, 5.74) is 1.63. The van der Waals surface area contributed by atoms with Gasteiger partial charge < -0.3 is 4.74 Å². The highest BCUT2D eigenvalue weighted by Gasteiger charge is 2.55. The number of ketones is 1. The van der Waals surface area contributed by atoms with Gasteiger partial charge in [-0.2, -0.15) is 0 Å².